The first-order valence-corrected chi connectivity index (χ1v) is 11.5. The summed E-state index contributed by atoms with van der Waals surface area (Å²) >= 11 is 0. The van der Waals surface area contributed by atoms with Crippen molar-refractivity contribution in [2.75, 3.05) is 0 Å². The van der Waals surface area contributed by atoms with Crippen molar-refractivity contribution in [3.05, 3.63) is 25.7 Å². The Labute approximate surface area is 213 Å². The molecule has 0 aromatic rings. The number of aliphatic hydroxyl groups is 2. The Bertz CT molecular complexity index is 574. The fourth-order valence-corrected chi connectivity index (χ4v) is 4.39. The molecule has 0 aliphatic heterocycles. The summed E-state index contributed by atoms with van der Waals surface area (Å²) in [6.45, 7) is 5.62. The van der Waals surface area contributed by atoms with E-state index in [-0.39, 0.29) is 81.9 Å². The molecule has 0 aliphatic rings. The summed E-state index contributed by atoms with van der Waals surface area (Å²) in [4.78, 5) is 60.9. The van der Waals surface area contributed by atoms with Gasteiger partial charge in [-0.05, 0) is 15.2 Å². The summed E-state index contributed by atoms with van der Waals surface area (Å²) in [6, 6.07) is 0. The topological polar surface area (TPSA) is 266 Å². The van der Waals surface area contributed by atoms with Crippen LogP contribution in [0.1, 0.15) is 0 Å². The van der Waals surface area contributed by atoms with Gasteiger partial charge in [-0.2, -0.15) is 0 Å². The maximum Gasteiger partial charge on any atom is 2.00 e. The minimum absolute atomic E-state index is 0. The molecule has 0 fully saturated rings. The van der Waals surface area contributed by atoms with E-state index in [1.807, 2.05) is 0 Å². The molecule has 0 rings (SSSR count). The van der Waals surface area contributed by atoms with E-state index in [0.717, 1.165) is 0 Å². The molecule has 27 heavy (non-hydrogen) atoms. The van der Waals surface area contributed by atoms with Crippen molar-refractivity contribution in [2.24, 2.45) is 0 Å². The van der Waals surface area contributed by atoms with Gasteiger partial charge in [-0.1, -0.05) is 13.2 Å². The van der Waals surface area contributed by atoms with Gasteiger partial charge in [0.2, 0.25) is 15.2 Å². The van der Waals surface area contributed by atoms with E-state index >= 15 is 0 Å². The fourth-order valence-electron chi connectivity index (χ4n) is 0.663. The monoisotopic (exact) mass is 1050 g/mol. The maximum atomic E-state index is 10.5. The van der Waals surface area contributed by atoms with Crippen LogP contribution < -0.4 is 29.4 Å². The van der Waals surface area contributed by atoms with Crippen LogP contribution in [0.4, 0.5) is 0 Å². The second kappa shape index (κ2) is 16.1. The summed E-state index contributed by atoms with van der Waals surface area (Å²) < 4.78 is 48.3. The van der Waals surface area contributed by atoms with Crippen LogP contribution in [0.25, 0.3) is 0 Å². The molecule has 0 amide bonds. The van der Waals surface area contributed by atoms with Crippen LogP contribution in [0.2, 0.25) is 0 Å². The quantitative estimate of drug-likeness (QED) is 0.131. The van der Waals surface area contributed by atoms with Gasteiger partial charge in [0.25, 0.3) is 0 Å². The fraction of sp³-hybridized carbons (Fsp3) is 0.333. The molecule has 0 spiro atoms. The van der Waals surface area contributed by atoms with Gasteiger partial charge in [0.1, 0.15) is 0 Å². The summed E-state index contributed by atoms with van der Waals surface area (Å²) in [5, 5.41) is 16.8. The van der Waals surface area contributed by atoms with E-state index < -0.39 is 41.6 Å². The van der Waals surface area contributed by atoms with Crippen LogP contribution >= 0.6 is 30.4 Å². The SMILES string of the molecule is C=COP(=O)([O-])C(O)P(=O)([O-])[O-].C=COP(=O)([O-])C(O)P(=O)([O-])[O-].[Pb+2].[Pb+2].[Pb+2]. The van der Waals surface area contributed by atoms with E-state index in [2.05, 4.69) is 22.2 Å². The molecule has 0 saturated carbocycles. The minimum Gasteiger partial charge on any atom is -0.809 e. The zero-order valence-electron chi connectivity index (χ0n) is 12.8. The second-order valence-electron chi connectivity index (χ2n) is 3.40. The van der Waals surface area contributed by atoms with Crippen molar-refractivity contribution in [3.8, 4) is 0 Å². The third kappa shape index (κ3) is 16.8. The third-order valence-electron chi connectivity index (χ3n) is 1.57. The van der Waals surface area contributed by atoms with Crippen molar-refractivity contribution in [1.82, 2.24) is 0 Å². The predicted octanol–water partition coefficient (Wildman–Crippen LogP) is -5.36. The van der Waals surface area contributed by atoms with E-state index in [9.17, 15) is 47.6 Å². The Morgan fingerprint density at radius 1 is 0.667 bits per heavy atom. The van der Waals surface area contributed by atoms with Gasteiger partial charge < -0.3 is 57.8 Å². The predicted molar refractivity (Wildman–Crippen MR) is 82.3 cm³/mol. The van der Waals surface area contributed by atoms with Crippen LogP contribution in [0.3, 0.4) is 0 Å². The molecule has 6 radical (unpaired) electrons. The van der Waals surface area contributed by atoms with E-state index in [0.29, 0.717) is 12.5 Å². The Kier molecular flexibility index (Phi) is 23.8. The van der Waals surface area contributed by atoms with Crippen LogP contribution in [0.5, 0.6) is 0 Å². The zero-order valence-corrected chi connectivity index (χ0v) is 28.0. The van der Waals surface area contributed by atoms with Crippen LogP contribution in [-0.2, 0) is 27.3 Å². The van der Waals surface area contributed by atoms with Gasteiger partial charge in [-0.25, -0.2) is 0 Å². The van der Waals surface area contributed by atoms with Gasteiger partial charge in [0, 0.05) is 0 Å². The molecule has 0 bridgehead atoms. The zero-order chi connectivity index (χ0) is 20.0. The van der Waals surface area contributed by atoms with Gasteiger partial charge >= 0.3 is 81.9 Å². The first kappa shape index (κ1) is 39.9. The smallest absolute Gasteiger partial charge is 0.809 e. The third-order valence-corrected chi connectivity index (χ3v) is 8.12. The van der Waals surface area contributed by atoms with Crippen LogP contribution in [-0.4, -0.2) is 103 Å². The molecule has 0 heterocycles. The molecule has 150 valence electrons. The molecular weight excluding hydrogens is 1040 g/mol. The minimum atomic E-state index is -5.60. The Morgan fingerprint density at radius 3 is 0.963 bits per heavy atom. The summed E-state index contributed by atoms with van der Waals surface area (Å²) in [7, 11) is -21.4. The van der Waals surface area contributed by atoms with Crippen molar-refractivity contribution in [1.29, 1.82) is 0 Å². The molecule has 4 atom stereocenters. The largest absolute Gasteiger partial charge is 2.00 e. The Balaban J connectivity index is -0.000000108. The molecule has 21 heteroatoms. The van der Waals surface area contributed by atoms with Crippen molar-refractivity contribution in [2.45, 2.75) is 11.2 Å². The van der Waals surface area contributed by atoms with E-state index in [1.165, 1.54) is 0 Å². The van der Waals surface area contributed by atoms with Crippen molar-refractivity contribution in [3.63, 3.8) is 0 Å². The molecule has 0 aromatic carbocycles. The first-order chi connectivity index (χ1) is 10.4. The standard InChI is InChI=1S/2C3H8O7P2.3Pb/c2*1-2-10-12(8,9)3(4)11(5,6)7;;;/h2*2-4H,1H2,(H,8,9)(H2,5,6,7);;;/q;;3*+2/p-6. The van der Waals surface area contributed by atoms with Crippen LogP contribution in [0.15, 0.2) is 25.7 Å². The molecule has 14 nitrogen and oxygen atoms in total. The van der Waals surface area contributed by atoms with Gasteiger partial charge in [0.15, 0.2) is 11.2 Å². The second-order valence-corrected chi connectivity index (χ2v) is 10.9. The number of hydrogen-bond acceptors (Lipinski definition) is 14. The summed E-state index contributed by atoms with van der Waals surface area (Å²) in [5.41, 5.74) is -6.13. The normalized spacial score (nSPS) is 17.2. The van der Waals surface area contributed by atoms with Crippen LogP contribution in [0, 0.1) is 0 Å². The molecule has 4 unspecified atom stereocenters. The average molecular weight is 1050 g/mol. The van der Waals surface area contributed by atoms with Gasteiger partial charge in [0.05, 0.1) is 12.5 Å². The number of aliphatic hydroxyl groups excluding tert-OH is 2. The Morgan fingerprint density at radius 2 is 0.852 bits per heavy atom. The van der Waals surface area contributed by atoms with Crippen molar-refractivity contribution >= 4 is 112 Å². The summed E-state index contributed by atoms with van der Waals surface area (Å²) in [6.07, 6.45) is 0.791. The first-order valence-electron chi connectivity index (χ1n) is 5.03. The van der Waals surface area contributed by atoms with Gasteiger partial charge in [-0.15, -0.1) is 0 Å². The van der Waals surface area contributed by atoms with Crippen molar-refractivity contribution < 1.29 is 66.9 Å². The maximum absolute atomic E-state index is 10.5. The van der Waals surface area contributed by atoms with E-state index in [4.69, 9.17) is 10.2 Å². The molecule has 0 saturated heterocycles. The van der Waals surface area contributed by atoms with Gasteiger partial charge in [-0.3, -0.25) is 9.13 Å². The Hall–Kier alpha value is 2.45. The summed E-state index contributed by atoms with van der Waals surface area (Å²) in [5.74, 6) is 0. The van der Waals surface area contributed by atoms with E-state index in [1.54, 1.807) is 0 Å². The molecule has 0 aliphatic carbocycles. The average Bonchev–Trinajstić information content (AvgIpc) is 2.35. The molecule has 2 N–H and O–H groups in total. The molecular formula is C6H10O14P4Pb3. The molecule has 0 aromatic heterocycles. The number of hydrogen-bond donors (Lipinski definition) is 2. The number of rotatable bonds is 8.